The number of carbonyl (C=O) groups excluding carboxylic acids is 2. The van der Waals surface area contributed by atoms with Crippen molar-refractivity contribution in [3.63, 3.8) is 0 Å². The fraction of sp³-hybridized carbons (Fsp3) is 0.333. The summed E-state index contributed by atoms with van der Waals surface area (Å²) in [5, 5.41) is 0. The summed E-state index contributed by atoms with van der Waals surface area (Å²) in [6.07, 6.45) is 2.53. The molecule has 0 fully saturated rings. The first kappa shape index (κ1) is 10.5. The topological polar surface area (TPSA) is 34.1 Å². The van der Waals surface area contributed by atoms with Crippen LogP contribution in [0.15, 0.2) is 35.4 Å². The molecule has 0 saturated heterocycles. The van der Waals surface area contributed by atoms with Crippen LogP contribution in [0.4, 0.5) is 0 Å². The summed E-state index contributed by atoms with van der Waals surface area (Å²) >= 11 is 0. The maximum Gasteiger partial charge on any atom is 0.190 e. The number of benzene rings is 1. The highest BCUT2D eigenvalue weighted by molar-refractivity contribution is 6.27. The third kappa shape index (κ3) is 1.47. The Bertz CT molecular complexity index is 552. The highest BCUT2D eigenvalue weighted by atomic mass is 16.1. The fourth-order valence-corrected chi connectivity index (χ4v) is 2.80. The van der Waals surface area contributed by atoms with Gasteiger partial charge in [-0.3, -0.25) is 9.59 Å². The predicted molar refractivity (Wildman–Crippen MR) is 65.1 cm³/mol. The lowest BCUT2D eigenvalue weighted by molar-refractivity contribution is 0.0960. The van der Waals surface area contributed by atoms with Gasteiger partial charge in [-0.1, -0.05) is 31.2 Å². The largest absolute Gasteiger partial charge is 0.289 e. The number of rotatable bonds is 0. The standard InChI is InChI=1S/C15H14O2/c1-9-6-7-12-13(8-9)15(17)11-5-3-2-4-10(11)14(12)16/h2-5,9H,6-8H2,1H3. The molecule has 0 amide bonds. The van der Waals surface area contributed by atoms with E-state index < -0.39 is 0 Å². The van der Waals surface area contributed by atoms with E-state index in [0.717, 1.165) is 30.4 Å². The average molecular weight is 226 g/mol. The Morgan fingerprint density at radius 1 is 1.00 bits per heavy atom. The molecule has 17 heavy (non-hydrogen) atoms. The number of carbonyl (C=O) groups is 2. The summed E-state index contributed by atoms with van der Waals surface area (Å²) in [6.45, 7) is 2.14. The van der Waals surface area contributed by atoms with Crippen LogP contribution < -0.4 is 0 Å². The van der Waals surface area contributed by atoms with Crippen LogP contribution in [0.3, 0.4) is 0 Å². The average Bonchev–Trinajstić information content (AvgIpc) is 2.36. The SMILES string of the molecule is CC1CCC2=C(C1)C(=O)c1ccccc1C2=O. The van der Waals surface area contributed by atoms with Crippen molar-refractivity contribution >= 4 is 11.6 Å². The lowest BCUT2D eigenvalue weighted by Gasteiger charge is -2.27. The number of fused-ring (bicyclic) bond motifs is 1. The number of hydrogen-bond donors (Lipinski definition) is 0. The molecule has 2 aliphatic carbocycles. The van der Waals surface area contributed by atoms with Crippen LogP contribution in [0.2, 0.25) is 0 Å². The minimum atomic E-state index is 0.0711. The molecule has 1 aromatic rings. The van der Waals surface area contributed by atoms with E-state index in [9.17, 15) is 9.59 Å². The van der Waals surface area contributed by atoms with Crippen molar-refractivity contribution < 1.29 is 9.59 Å². The summed E-state index contributed by atoms with van der Waals surface area (Å²) in [5.74, 6) is 0.652. The van der Waals surface area contributed by atoms with Crippen molar-refractivity contribution in [2.24, 2.45) is 5.92 Å². The van der Waals surface area contributed by atoms with E-state index in [1.165, 1.54) is 0 Å². The molecule has 86 valence electrons. The summed E-state index contributed by atoms with van der Waals surface area (Å²) in [6, 6.07) is 7.17. The Kier molecular flexibility index (Phi) is 2.25. The molecule has 0 aromatic heterocycles. The molecule has 1 atom stereocenters. The van der Waals surface area contributed by atoms with Crippen LogP contribution in [0.25, 0.3) is 0 Å². The summed E-state index contributed by atoms with van der Waals surface area (Å²) in [4.78, 5) is 24.6. The predicted octanol–water partition coefficient (Wildman–Crippen LogP) is 3.18. The highest BCUT2D eigenvalue weighted by Crippen LogP contribution is 2.37. The van der Waals surface area contributed by atoms with Gasteiger partial charge < -0.3 is 0 Å². The molecule has 0 heterocycles. The second-order valence-electron chi connectivity index (χ2n) is 5.01. The molecule has 3 rings (SSSR count). The molecule has 2 heteroatoms. The molecule has 0 saturated carbocycles. The summed E-state index contributed by atoms with van der Waals surface area (Å²) in [5.41, 5.74) is 2.72. The van der Waals surface area contributed by atoms with E-state index >= 15 is 0 Å². The van der Waals surface area contributed by atoms with E-state index in [0.29, 0.717) is 17.0 Å². The monoisotopic (exact) mass is 226 g/mol. The van der Waals surface area contributed by atoms with E-state index in [4.69, 9.17) is 0 Å². The van der Waals surface area contributed by atoms with E-state index in [2.05, 4.69) is 6.92 Å². The zero-order valence-corrected chi connectivity index (χ0v) is 9.82. The maximum absolute atomic E-state index is 12.3. The molecular formula is C15H14O2. The third-order valence-corrected chi connectivity index (χ3v) is 3.77. The minimum Gasteiger partial charge on any atom is -0.289 e. The Morgan fingerprint density at radius 3 is 2.24 bits per heavy atom. The molecule has 0 spiro atoms. The van der Waals surface area contributed by atoms with E-state index in [1.54, 1.807) is 12.1 Å². The zero-order valence-electron chi connectivity index (χ0n) is 9.82. The van der Waals surface area contributed by atoms with E-state index in [1.807, 2.05) is 12.1 Å². The van der Waals surface area contributed by atoms with Crippen LogP contribution in [0.1, 0.15) is 46.9 Å². The number of allylic oxidation sites excluding steroid dienone is 2. The van der Waals surface area contributed by atoms with Gasteiger partial charge in [-0.05, 0) is 25.2 Å². The quantitative estimate of drug-likeness (QED) is 0.680. The Balaban J connectivity index is 2.17. The number of Topliss-reactive ketones (excluding diaryl/α,β-unsaturated/α-hetero) is 2. The lowest BCUT2D eigenvalue weighted by Crippen LogP contribution is -2.26. The highest BCUT2D eigenvalue weighted by Gasteiger charge is 2.34. The van der Waals surface area contributed by atoms with Gasteiger partial charge in [-0.2, -0.15) is 0 Å². The van der Waals surface area contributed by atoms with Gasteiger partial charge in [0.1, 0.15) is 0 Å². The Hall–Kier alpha value is -1.70. The third-order valence-electron chi connectivity index (χ3n) is 3.77. The smallest absolute Gasteiger partial charge is 0.190 e. The molecule has 0 aliphatic heterocycles. The van der Waals surface area contributed by atoms with Crippen molar-refractivity contribution in [3.8, 4) is 0 Å². The van der Waals surface area contributed by atoms with Crippen LogP contribution in [-0.2, 0) is 0 Å². The van der Waals surface area contributed by atoms with Gasteiger partial charge in [-0.15, -0.1) is 0 Å². The van der Waals surface area contributed by atoms with Crippen molar-refractivity contribution in [3.05, 3.63) is 46.5 Å². The molecule has 0 N–H and O–H groups in total. The summed E-state index contributed by atoms with van der Waals surface area (Å²) < 4.78 is 0. The minimum absolute atomic E-state index is 0.0711. The first-order valence-electron chi connectivity index (χ1n) is 6.09. The molecule has 2 nitrogen and oxygen atoms in total. The Labute approximate surface area is 100 Å². The zero-order chi connectivity index (χ0) is 12.0. The van der Waals surface area contributed by atoms with Gasteiger partial charge in [0.05, 0.1) is 0 Å². The van der Waals surface area contributed by atoms with Gasteiger partial charge in [0.2, 0.25) is 0 Å². The summed E-state index contributed by atoms with van der Waals surface area (Å²) in [7, 11) is 0. The van der Waals surface area contributed by atoms with Crippen LogP contribution >= 0.6 is 0 Å². The molecule has 2 aliphatic rings. The van der Waals surface area contributed by atoms with Gasteiger partial charge in [-0.25, -0.2) is 0 Å². The van der Waals surface area contributed by atoms with Crippen LogP contribution in [0, 0.1) is 5.92 Å². The van der Waals surface area contributed by atoms with Gasteiger partial charge >= 0.3 is 0 Å². The fourth-order valence-electron chi connectivity index (χ4n) is 2.80. The molecule has 0 radical (unpaired) electrons. The van der Waals surface area contributed by atoms with Crippen molar-refractivity contribution in [2.45, 2.75) is 26.2 Å². The second-order valence-corrected chi connectivity index (χ2v) is 5.01. The van der Waals surface area contributed by atoms with Crippen molar-refractivity contribution in [2.75, 3.05) is 0 Å². The molecule has 1 aromatic carbocycles. The van der Waals surface area contributed by atoms with Crippen LogP contribution in [0.5, 0.6) is 0 Å². The molecular weight excluding hydrogens is 212 g/mol. The second kappa shape index (κ2) is 3.66. The number of hydrogen-bond acceptors (Lipinski definition) is 2. The molecule has 0 bridgehead atoms. The lowest BCUT2D eigenvalue weighted by atomic mass is 9.74. The van der Waals surface area contributed by atoms with Gasteiger partial charge in [0.15, 0.2) is 11.6 Å². The first-order valence-corrected chi connectivity index (χ1v) is 6.09. The molecule has 1 unspecified atom stereocenters. The van der Waals surface area contributed by atoms with Gasteiger partial charge in [0.25, 0.3) is 0 Å². The number of ketones is 2. The maximum atomic E-state index is 12.3. The van der Waals surface area contributed by atoms with Gasteiger partial charge in [0, 0.05) is 22.3 Å². The van der Waals surface area contributed by atoms with Crippen molar-refractivity contribution in [1.29, 1.82) is 0 Å². The van der Waals surface area contributed by atoms with E-state index in [-0.39, 0.29) is 11.6 Å². The van der Waals surface area contributed by atoms with Crippen LogP contribution in [-0.4, -0.2) is 11.6 Å². The van der Waals surface area contributed by atoms with Crippen molar-refractivity contribution in [1.82, 2.24) is 0 Å². The Morgan fingerprint density at radius 2 is 1.59 bits per heavy atom. The normalized spacial score (nSPS) is 23.5. The first-order chi connectivity index (χ1) is 8.18.